The number of amides is 1. The zero-order chi connectivity index (χ0) is 14.5. The highest BCUT2D eigenvalue weighted by molar-refractivity contribution is 5.90. The van der Waals surface area contributed by atoms with Gasteiger partial charge in [0.25, 0.3) is 0 Å². The van der Waals surface area contributed by atoms with E-state index in [9.17, 15) is 18.0 Å². The number of nitrogens with one attached hydrogen (secondary N) is 1. The van der Waals surface area contributed by atoms with Gasteiger partial charge in [0.05, 0.1) is 12.0 Å². The fourth-order valence-corrected chi connectivity index (χ4v) is 1.37. The minimum absolute atomic E-state index is 0.0476. The van der Waals surface area contributed by atoms with Crippen molar-refractivity contribution in [3.63, 3.8) is 0 Å². The lowest BCUT2D eigenvalue weighted by atomic mass is 10.2. The molecule has 0 bridgehead atoms. The fraction of sp³-hybridized carbons (Fsp3) is 0.417. The van der Waals surface area contributed by atoms with Crippen LogP contribution in [0.15, 0.2) is 24.3 Å². The SMILES string of the molecule is COC(CC(=O)Nc1ccc(C(F)(F)F)cc1)OC. The molecule has 0 saturated carbocycles. The van der Waals surface area contributed by atoms with Gasteiger partial charge in [-0.05, 0) is 24.3 Å². The molecule has 0 radical (unpaired) electrons. The molecule has 0 unspecified atom stereocenters. The van der Waals surface area contributed by atoms with Gasteiger partial charge < -0.3 is 14.8 Å². The van der Waals surface area contributed by atoms with Crippen LogP contribution in [0.2, 0.25) is 0 Å². The lowest BCUT2D eigenvalue weighted by Crippen LogP contribution is -2.22. The van der Waals surface area contributed by atoms with Crippen LogP contribution in [0, 0.1) is 0 Å². The lowest BCUT2D eigenvalue weighted by Gasteiger charge is -2.13. The summed E-state index contributed by atoms with van der Waals surface area (Å²) in [6, 6.07) is 4.18. The Bertz CT molecular complexity index is 413. The molecule has 0 aromatic heterocycles. The number of halogens is 3. The third kappa shape index (κ3) is 4.88. The number of hydrogen-bond acceptors (Lipinski definition) is 3. The molecule has 19 heavy (non-hydrogen) atoms. The average Bonchev–Trinajstić information content (AvgIpc) is 2.35. The van der Waals surface area contributed by atoms with Crippen molar-refractivity contribution in [2.75, 3.05) is 19.5 Å². The number of ether oxygens (including phenoxy) is 2. The monoisotopic (exact) mass is 277 g/mol. The van der Waals surface area contributed by atoms with E-state index in [0.717, 1.165) is 12.1 Å². The van der Waals surface area contributed by atoms with Gasteiger partial charge in [0, 0.05) is 19.9 Å². The molecule has 4 nitrogen and oxygen atoms in total. The molecule has 1 aromatic carbocycles. The van der Waals surface area contributed by atoms with Gasteiger partial charge in [-0.15, -0.1) is 0 Å². The third-order valence-electron chi connectivity index (χ3n) is 2.37. The van der Waals surface area contributed by atoms with E-state index < -0.39 is 23.9 Å². The normalized spacial score (nSPS) is 11.7. The van der Waals surface area contributed by atoms with Gasteiger partial charge in [-0.2, -0.15) is 13.2 Å². The number of carbonyl (C=O) groups excluding carboxylic acids is 1. The Morgan fingerprint density at radius 2 is 1.74 bits per heavy atom. The maximum Gasteiger partial charge on any atom is 0.416 e. The first-order valence-corrected chi connectivity index (χ1v) is 5.39. The van der Waals surface area contributed by atoms with Crippen LogP contribution in [-0.2, 0) is 20.4 Å². The van der Waals surface area contributed by atoms with E-state index in [-0.39, 0.29) is 12.1 Å². The largest absolute Gasteiger partial charge is 0.416 e. The topological polar surface area (TPSA) is 47.6 Å². The highest BCUT2D eigenvalue weighted by Crippen LogP contribution is 2.29. The number of benzene rings is 1. The Kier molecular flexibility index (Phi) is 5.31. The molecular formula is C12H14F3NO3. The van der Waals surface area contributed by atoms with Gasteiger partial charge in [0.2, 0.25) is 5.91 Å². The maximum atomic E-state index is 12.3. The molecular weight excluding hydrogens is 263 g/mol. The number of anilines is 1. The summed E-state index contributed by atoms with van der Waals surface area (Å²) in [5.41, 5.74) is -0.485. The molecule has 0 saturated heterocycles. The Morgan fingerprint density at radius 3 is 2.16 bits per heavy atom. The molecule has 0 aliphatic rings. The van der Waals surface area contributed by atoms with E-state index in [0.29, 0.717) is 0 Å². The number of rotatable bonds is 5. The zero-order valence-corrected chi connectivity index (χ0v) is 10.5. The Hall–Kier alpha value is -1.60. The minimum Gasteiger partial charge on any atom is -0.355 e. The standard InChI is InChI=1S/C12H14F3NO3/c1-18-11(19-2)7-10(17)16-9-5-3-8(4-6-9)12(13,14)15/h3-6,11H,7H2,1-2H3,(H,16,17). The molecule has 0 atom stereocenters. The van der Waals surface area contributed by atoms with Gasteiger partial charge in [-0.1, -0.05) is 0 Å². The van der Waals surface area contributed by atoms with Crippen molar-refractivity contribution >= 4 is 11.6 Å². The van der Waals surface area contributed by atoms with Crippen molar-refractivity contribution in [1.82, 2.24) is 0 Å². The zero-order valence-electron chi connectivity index (χ0n) is 10.5. The quantitative estimate of drug-likeness (QED) is 0.842. The van der Waals surface area contributed by atoms with Crippen LogP contribution in [0.5, 0.6) is 0 Å². The van der Waals surface area contributed by atoms with Gasteiger partial charge in [0.15, 0.2) is 6.29 Å². The molecule has 1 aromatic rings. The van der Waals surface area contributed by atoms with Crippen molar-refractivity contribution in [2.45, 2.75) is 18.9 Å². The van der Waals surface area contributed by atoms with E-state index in [1.54, 1.807) is 0 Å². The first-order valence-electron chi connectivity index (χ1n) is 5.39. The minimum atomic E-state index is -4.39. The number of carbonyl (C=O) groups is 1. The number of alkyl halides is 3. The lowest BCUT2D eigenvalue weighted by molar-refractivity contribution is -0.137. The van der Waals surface area contributed by atoms with Gasteiger partial charge in [-0.25, -0.2) is 0 Å². The van der Waals surface area contributed by atoms with Crippen molar-refractivity contribution in [2.24, 2.45) is 0 Å². The highest BCUT2D eigenvalue weighted by atomic mass is 19.4. The molecule has 1 amide bonds. The molecule has 0 aliphatic carbocycles. The number of hydrogen-bond donors (Lipinski definition) is 1. The van der Waals surface area contributed by atoms with E-state index in [4.69, 9.17) is 9.47 Å². The van der Waals surface area contributed by atoms with Crippen LogP contribution in [0.1, 0.15) is 12.0 Å². The predicted octanol–water partition coefficient (Wildman–Crippen LogP) is 2.65. The van der Waals surface area contributed by atoms with E-state index in [1.807, 2.05) is 0 Å². The summed E-state index contributed by atoms with van der Waals surface area (Å²) in [7, 11) is 2.78. The second-order valence-electron chi connectivity index (χ2n) is 3.73. The van der Waals surface area contributed by atoms with Gasteiger partial charge >= 0.3 is 6.18 Å². The Labute approximate surface area is 108 Å². The average molecular weight is 277 g/mol. The van der Waals surface area contributed by atoms with Crippen LogP contribution < -0.4 is 5.32 Å². The van der Waals surface area contributed by atoms with Crippen molar-refractivity contribution in [3.05, 3.63) is 29.8 Å². The van der Waals surface area contributed by atoms with E-state index >= 15 is 0 Å². The van der Waals surface area contributed by atoms with Gasteiger partial charge in [-0.3, -0.25) is 4.79 Å². The smallest absolute Gasteiger partial charge is 0.355 e. The van der Waals surface area contributed by atoms with Crippen LogP contribution in [-0.4, -0.2) is 26.4 Å². The summed E-state index contributed by atoms with van der Waals surface area (Å²) in [5, 5.41) is 2.45. The summed E-state index contributed by atoms with van der Waals surface area (Å²) in [4.78, 5) is 11.5. The third-order valence-corrected chi connectivity index (χ3v) is 2.37. The Morgan fingerprint density at radius 1 is 1.21 bits per heavy atom. The number of methoxy groups -OCH3 is 2. The molecule has 1 rings (SSSR count). The first-order chi connectivity index (χ1) is 8.86. The van der Waals surface area contributed by atoms with Crippen LogP contribution in [0.4, 0.5) is 18.9 Å². The van der Waals surface area contributed by atoms with Crippen LogP contribution in [0.25, 0.3) is 0 Å². The predicted molar refractivity (Wildman–Crippen MR) is 62.5 cm³/mol. The van der Waals surface area contributed by atoms with E-state index in [2.05, 4.69) is 5.32 Å². The molecule has 0 aliphatic heterocycles. The molecule has 106 valence electrons. The molecule has 0 spiro atoms. The van der Waals surface area contributed by atoms with E-state index in [1.165, 1.54) is 26.4 Å². The van der Waals surface area contributed by atoms with Crippen LogP contribution in [0.3, 0.4) is 0 Å². The Balaban J connectivity index is 2.61. The first kappa shape index (κ1) is 15.5. The second kappa shape index (κ2) is 6.53. The molecule has 0 fully saturated rings. The molecule has 7 heteroatoms. The summed E-state index contributed by atoms with van der Waals surface area (Å²) < 4.78 is 46.7. The van der Waals surface area contributed by atoms with Gasteiger partial charge in [0.1, 0.15) is 0 Å². The summed E-state index contributed by atoms with van der Waals surface area (Å²) in [5.74, 6) is -0.409. The summed E-state index contributed by atoms with van der Waals surface area (Å²) >= 11 is 0. The van der Waals surface area contributed by atoms with Crippen molar-refractivity contribution < 1.29 is 27.4 Å². The fourth-order valence-electron chi connectivity index (χ4n) is 1.37. The van der Waals surface area contributed by atoms with Crippen LogP contribution >= 0.6 is 0 Å². The van der Waals surface area contributed by atoms with Crippen molar-refractivity contribution in [3.8, 4) is 0 Å². The maximum absolute atomic E-state index is 12.3. The molecule has 1 N–H and O–H groups in total. The second-order valence-corrected chi connectivity index (χ2v) is 3.73. The summed E-state index contributed by atoms with van der Waals surface area (Å²) in [6.45, 7) is 0. The van der Waals surface area contributed by atoms with Crippen molar-refractivity contribution in [1.29, 1.82) is 0 Å². The summed E-state index contributed by atoms with van der Waals surface area (Å²) in [6.07, 6.45) is -5.12. The highest BCUT2D eigenvalue weighted by Gasteiger charge is 2.30. The molecule has 0 heterocycles.